The van der Waals surface area contributed by atoms with Crippen LogP contribution >= 0.6 is 11.3 Å². The standard InChI is InChI=1S/C23H16N6O3S/c1-14-13-16(6-10-19(14)29(31)32)23(30)24-17-7-4-15(5-8-17)18-9-11-21-25-26-22(28(21)27-18)20-3-2-12-33-20/h2-13H,1H3,(H,24,30). The lowest BCUT2D eigenvalue weighted by Gasteiger charge is -2.08. The summed E-state index contributed by atoms with van der Waals surface area (Å²) in [5, 5.41) is 28.9. The molecule has 0 spiro atoms. The summed E-state index contributed by atoms with van der Waals surface area (Å²) in [4.78, 5) is 24.0. The quantitative estimate of drug-likeness (QED) is 0.294. The van der Waals surface area contributed by atoms with Crippen molar-refractivity contribution in [2.45, 2.75) is 6.92 Å². The third-order valence-corrected chi connectivity index (χ3v) is 5.96. The van der Waals surface area contributed by atoms with Crippen LogP contribution in [-0.4, -0.2) is 30.6 Å². The minimum atomic E-state index is -0.468. The number of anilines is 1. The summed E-state index contributed by atoms with van der Waals surface area (Å²) < 4.78 is 1.72. The number of nitrogens with one attached hydrogen (secondary N) is 1. The molecule has 2 aromatic carbocycles. The van der Waals surface area contributed by atoms with Crippen LogP contribution < -0.4 is 5.32 Å². The van der Waals surface area contributed by atoms with Gasteiger partial charge in [0.2, 0.25) is 0 Å². The normalized spacial score (nSPS) is 10.9. The number of nitro groups is 1. The number of amides is 1. The zero-order valence-corrected chi connectivity index (χ0v) is 18.1. The van der Waals surface area contributed by atoms with Gasteiger partial charge in [0.05, 0.1) is 15.5 Å². The molecule has 0 saturated carbocycles. The molecule has 0 radical (unpaired) electrons. The highest BCUT2D eigenvalue weighted by Gasteiger charge is 2.15. The van der Waals surface area contributed by atoms with Crippen molar-refractivity contribution < 1.29 is 9.72 Å². The molecule has 5 aromatic rings. The fraction of sp³-hybridized carbons (Fsp3) is 0.0435. The van der Waals surface area contributed by atoms with Crippen LogP contribution in [0.5, 0.6) is 0 Å². The summed E-state index contributed by atoms with van der Waals surface area (Å²) in [7, 11) is 0. The molecular weight excluding hydrogens is 440 g/mol. The molecule has 10 heteroatoms. The van der Waals surface area contributed by atoms with Crippen molar-refractivity contribution in [3.8, 4) is 22.0 Å². The van der Waals surface area contributed by atoms with Gasteiger partial charge in [0.25, 0.3) is 11.6 Å². The van der Waals surface area contributed by atoms with E-state index in [1.54, 1.807) is 34.9 Å². The van der Waals surface area contributed by atoms with Crippen molar-refractivity contribution in [1.82, 2.24) is 19.8 Å². The summed E-state index contributed by atoms with van der Waals surface area (Å²) >= 11 is 1.57. The fourth-order valence-electron chi connectivity index (χ4n) is 3.43. The highest BCUT2D eigenvalue weighted by atomic mass is 32.1. The van der Waals surface area contributed by atoms with E-state index in [9.17, 15) is 14.9 Å². The molecule has 5 rings (SSSR count). The molecule has 0 aliphatic rings. The van der Waals surface area contributed by atoms with E-state index in [0.29, 0.717) is 28.3 Å². The molecule has 0 unspecified atom stereocenters. The lowest BCUT2D eigenvalue weighted by molar-refractivity contribution is -0.385. The zero-order valence-electron chi connectivity index (χ0n) is 17.3. The van der Waals surface area contributed by atoms with E-state index in [4.69, 9.17) is 0 Å². The molecular formula is C23H16N6O3S. The first-order valence-electron chi connectivity index (χ1n) is 9.93. The van der Waals surface area contributed by atoms with Crippen LogP contribution in [0.2, 0.25) is 0 Å². The molecule has 33 heavy (non-hydrogen) atoms. The maximum absolute atomic E-state index is 12.6. The molecule has 3 aromatic heterocycles. The van der Waals surface area contributed by atoms with Crippen molar-refractivity contribution in [3.63, 3.8) is 0 Å². The molecule has 0 saturated heterocycles. The largest absolute Gasteiger partial charge is 0.322 e. The first-order valence-corrected chi connectivity index (χ1v) is 10.8. The van der Waals surface area contributed by atoms with Crippen molar-refractivity contribution in [1.29, 1.82) is 0 Å². The van der Waals surface area contributed by atoms with Gasteiger partial charge in [0.1, 0.15) is 0 Å². The van der Waals surface area contributed by atoms with Crippen LogP contribution in [0.1, 0.15) is 15.9 Å². The van der Waals surface area contributed by atoms with Gasteiger partial charge in [-0.15, -0.1) is 21.5 Å². The molecule has 0 aliphatic heterocycles. The average Bonchev–Trinajstić information content (AvgIpc) is 3.48. The Kier molecular flexibility index (Phi) is 5.11. The van der Waals surface area contributed by atoms with E-state index in [1.807, 2.05) is 41.8 Å². The number of nitro benzene ring substituents is 1. The molecule has 162 valence electrons. The second-order valence-corrected chi connectivity index (χ2v) is 8.23. The number of carbonyl (C=O) groups excluding carboxylic acids is 1. The van der Waals surface area contributed by atoms with Gasteiger partial charge in [-0.3, -0.25) is 14.9 Å². The van der Waals surface area contributed by atoms with Gasteiger partial charge in [-0.05, 0) is 54.8 Å². The minimum absolute atomic E-state index is 0.0179. The van der Waals surface area contributed by atoms with E-state index >= 15 is 0 Å². The summed E-state index contributed by atoms with van der Waals surface area (Å²) in [6, 6.07) is 19.2. The number of carbonyl (C=O) groups is 1. The zero-order chi connectivity index (χ0) is 22.9. The SMILES string of the molecule is Cc1cc(C(=O)Nc2ccc(-c3ccc4nnc(-c5cccs5)n4n3)cc2)ccc1[N+](=O)[O-]. The fourth-order valence-corrected chi connectivity index (χ4v) is 4.13. The number of rotatable bonds is 5. The van der Waals surface area contributed by atoms with E-state index in [2.05, 4.69) is 20.6 Å². The van der Waals surface area contributed by atoms with Gasteiger partial charge in [-0.25, -0.2) is 0 Å². The van der Waals surface area contributed by atoms with E-state index < -0.39 is 4.92 Å². The molecule has 9 nitrogen and oxygen atoms in total. The van der Waals surface area contributed by atoms with Crippen molar-refractivity contribution in [3.05, 3.63) is 93.4 Å². The van der Waals surface area contributed by atoms with Gasteiger partial charge in [0, 0.05) is 28.4 Å². The number of benzene rings is 2. The van der Waals surface area contributed by atoms with Gasteiger partial charge < -0.3 is 5.32 Å². The number of thiophene rings is 1. The van der Waals surface area contributed by atoms with Crippen LogP contribution in [0, 0.1) is 17.0 Å². The Morgan fingerprint density at radius 3 is 2.58 bits per heavy atom. The molecule has 1 amide bonds. The highest BCUT2D eigenvalue weighted by molar-refractivity contribution is 7.13. The molecule has 3 heterocycles. The summed E-state index contributed by atoms with van der Waals surface area (Å²) in [5.74, 6) is 0.342. The third kappa shape index (κ3) is 3.94. The monoisotopic (exact) mass is 456 g/mol. The van der Waals surface area contributed by atoms with Gasteiger partial charge in [-0.2, -0.15) is 9.61 Å². The summed E-state index contributed by atoms with van der Waals surface area (Å²) in [5.41, 5.74) is 3.63. The molecule has 0 fully saturated rings. The lowest BCUT2D eigenvalue weighted by Crippen LogP contribution is -2.12. The van der Waals surface area contributed by atoms with Crippen LogP contribution in [0.3, 0.4) is 0 Å². The number of fused-ring (bicyclic) bond motifs is 1. The average molecular weight is 456 g/mol. The highest BCUT2D eigenvalue weighted by Crippen LogP contribution is 2.25. The summed E-state index contributed by atoms with van der Waals surface area (Å²) in [6.07, 6.45) is 0. The molecule has 0 bridgehead atoms. The number of aromatic nitrogens is 4. The third-order valence-electron chi connectivity index (χ3n) is 5.10. The second-order valence-electron chi connectivity index (χ2n) is 7.28. The van der Waals surface area contributed by atoms with Crippen LogP contribution in [0.25, 0.3) is 27.6 Å². The van der Waals surface area contributed by atoms with E-state index in [1.165, 1.54) is 18.2 Å². The van der Waals surface area contributed by atoms with Crippen LogP contribution in [-0.2, 0) is 0 Å². The van der Waals surface area contributed by atoms with Gasteiger partial charge in [-0.1, -0.05) is 18.2 Å². The first-order chi connectivity index (χ1) is 16.0. The Balaban J connectivity index is 1.37. The molecule has 1 N–H and O–H groups in total. The Morgan fingerprint density at radius 1 is 1.06 bits per heavy atom. The summed E-state index contributed by atoms with van der Waals surface area (Å²) in [6.45, 7) is 1.60. The second kappa shape index (κ2) is 8.24. The van der Waals surface area contributed by atoms with Crippen molar-refractivity contribution in [2.24, 2.45) is 0 Å². The molecule has 0 atom stereocenters. The Labute approximate surface area is 191 Å². The molecule has 0 aliphatic carbocycles. The number of aryl methyl sites for hydroxylation is 1. The maximum Gasteiger partial charge on any atom is 0.272 e. The predicted octanol–water partition coefficient (Wildman–Crippen LogP) is 4.99. The predicted molar refractivity (Wildman–Crippen MR) is 125 cm³/mol. The van der Waals surface area contributed by atoms with Gasteiger partial charge >= 0.3 is 0 Å². The van der Waals surface area contributed by atoms with Gasteiger partial charge in [0.15, 0.2) is 11.5 Å². The van der Waals surface area contributed by atoms with E-state index in [0.717, 1.165) is 16.1 Å². The Morgan fingerprint density at radius 2 is 1.88 bits per heavy atom. The van der Waals surface area contributed by atoms with Crippen LogP contribution in [0.4, 0.5) is 11.4 Å². The number of hydrogen-bond acceptors (Lipinski definition) is 7. The van der Waals surface area contributed by atoms with Crippen molar-refractivity contribution in [2.75, 3.05) is 5.32 Å². The minimum Gasteiger partial charge on any atom is -0.322 e. The topological polar surface area (TPSA) is 115 Å². The number of nitrogens with zero attached hydrogens (tertiary/aromatic N) is 5. The van der Waals surface area contributed by atoms with E-state index in [-0.39, 0.29) is 11.6 Å². The van der Waals surface area contributed by atoms with Crippen LogP contribution in [0.15, 0.2) is 72.1 Å². The Hall–Kier alpha value is -4.44. The lowest BCUT2D eigenvalue weighted by atomic mass is 10.1. The van der Waals surface area contributed by atoms with Crippen molar-refractivity contribution >= 4 is 34.3 Å². The Bertz CT molecular complexity index is 1490. The first kappa shape index (κ1) is 20.5. The number of hydrogen-bond donors (Lipinski definition) is 1. The smallest absolute Gasteiger partial charge is 0.272 e. The maximum atomic E-state index is 12.6.